The summed E-state index contributed by atoms with van der Waals surface area (Å²) in [5.74, 6) is -0.179. The first-order chi connectivity index (χ1) is 13.5. The molecule has 28 heavy (non-hydrogen) atoms. The number of carboxylic acid groups (broad SMARTS) is 2. The third-order valence-electron chi connectivity index (χ3n) is 6.37. The molecule has 0 saturated carbocycles. The summed E-state index contributed by atoms with van der Waals surface area (Å²) in [6.07, 6.45) is 5.99. The molecule has 0 spiro atoms. The lowest BCUT2D eigenvalue weighted by molar-refractivity contribution is -0.140. The second-order valence-electron chi connectivity index (χ2n) is 7.90. The monoisotopic (exact) mass is 388 g/mol. The van der Waals surface area contributed by atoms with Crippen LogP contribution >= 0.6 is 0 Å². The second-order valence-corrected chi connectivity index (χ2v) is 7.90. The van der Waals surface area contributed by atoms with Crippen molar-refractivity contribution in [3.05, 3.63) is 35.4 Å². The van der Waals surface area contributed by atoms with E-state index in [9.17, 15) is 14.7 Å². The van der Waals surface area contributed by atoms with Gasteiger partial charge in [0, 0.05) is 13.1 Å². The van der Waals surface area contributed by atoms with Crippen LogP contribution in [0.15, 0.2) is 24.3 Å². The molecule has 2 N–H and O–H groups in total. The molecular weight excluding hydrogens is 360 g/mol. The van der Waals surface area contributed by atoms with E-state index < -0.39 is 5.97 Å². The molecule has 3 heterocycles. The highest BCUT2D eigenvalue weighted by atomic mass is 16.4. The third kappa shape index (κ3) is 3.90. The predicted molar refractivity (Wildman–Crippen MR) is 103 cm³/mol. The number of amides is 1. The molecule has 7 heteroatoms. The molecule has 3 aliphatic heterocycles. The summed E-state index contributed by atoms with van der Waals surface area (Å²) >= 11 is 0. The Bertz CT molecular complexity index is 725. The second kappa shape index (κ2) is 8.73. The highest BCUT2D eigenvalue weighted by molar-refractivity contribution is 5.89. The fraction of sp³-hybridized carbons (Fsp3) is 0.571. The van der Waals surface area contributed by atoms with Crippen molar-refractivity contribution >= 4 is 18.3 Å². The number of aromatic carboxylic acids is 1. The van der Waals surface area contributed by atoms with Gasteiger partial charge >= 0.3 is 5.97 Å². The summed E-state index contributed by atoms with van der Waals surface area (Å²) < 4.78 is 0. The van der Waals surface area contributed by atoms with Crippen molar-refractivity contribution in [1.29, 1.82) is 0 Å². The van der Waals surface area contributed by atoms with E-state index in [1.165, 1.54) is 0 Å². The van der Waals surface area contributed by atoms with Gasteiger partial charge in [-0.25, -0.2) is 4.79 Å². The van der Waals surface area contributed by atoms with Crippen LogP contribution in [0.2, 0.25) is 0 Å². The number of nitrogens with zero attached hydrogens (tertiary/aromatic N) is 2. The van der Waals surface area contributed by atoms with E-state index in [1.54, 1.807) is 12.1 Å². The average molecular weight is 388 g/mol. The number of carbonyl (C=O) groups excluding carboxylic acids is 1. The van der Waals surface area contributed by atoms with E-state index in [4.69, 9.17) is 9.90 Å². The Hall–Kier alpha value is -2.41. The van der Waals surface area contributed by atoms with Gasteiger partial charge in [0.1, 0.15) is 5.54 Å². The molecule has 1 aromatic carbocycles. The maximum atomic E-state index is 13.2. The van der Waals surface area contributed by atoms with E-state index in [2.05, 4.69) is 9.80 Å². The largest absolute Gasteiger partial charge is 0.483 e. The number of carbonyl (C=O) groups is 3. The molecule has 1 unspecified atom stereocenters. The molecule has 7 nitrogen and oxygen atoms in total. The maximum absolute atomic E-state index is 13.2. The fourth-order valence-electron chi connectivity index (χ4n) is 5.15. The molecule has 0 aromatic heterocycles. The summed E-state index contributed by atoms with van der Waals surface area (Å²) in [4.78, 5) is 37.4. The number of hydrogen-bond donors (Lipinski definition) is 2. The Morgan fingerprint density at radius 1 is 1.14 bits per heavy atom. The molecule has 0 radical (unpaired) electrons. The Labute approximate surface area is 164 Å². The first-order valence-electron chi connectivity index (χ1n) is 9.95. The van der Waals surface area contributed by atoms with Crippen LogP contribution in [0, 0.1) is 5.92 Å². The topological polar surface area (TPSA) is 98.2 Å². The molecule has 4 rings (SSSR count). The van der Waals surface area contributed by atoms with E-state index in [-0.39, 0.29) is 12.0 Å². The number of benzene rings is 1. The highest BCUT2D eigenvalue weighted by Gasteiger charge is 2.52. The van der Waals surface area contributed by atoms with E-state index in [1.807, 2.05) is 12.1 Å². The number of fused-ring (bicyclic) bond motifs is 1. The summed E-state index contributed by atoms with van der Waals surface area (Å²) in [5.41, 5.74) is 1.06. The van der Waals surface area contributed by atoms with Gasteiger partial charge in [0.05, 0.1) is 5.56 Å². The molecule has 3 fully saturated rings. The minimum absolute atomic E-state index is 0.214. The quantitative estimate of drug-likeness (QED) is 0.767. The van der Waals surface area contributed by atoms with E-state index in [0.29, 0.717) is 17.4 Å². The van der Waals surface area contributed by atoms with Crippen molar-refractivity contribution in [3.8, 4) is 0 Å². The van der Waals surface area contributed by atoms with Gasteiger partial charge in [-0.3, -0.25) is 14.5 Å². The van der Waals surface area contributed by atoms with Crippen molar-refractivity contribution in [3.63, 3.8) is 0 Å². The van der Waals surface area contributed by atoms with Crippen molar-refractivity contribution in [2.24, 2.45) is 5.92 Å². The van der Waals surface area contributed by atoms with E-state index in [0.717, 1.165) is 70.3 Å². The smallest absolute Gasteiger partial charge is 0.335 e. The van der Waals surface area contributed by atoms with Gasteiger partial charge in [0.15, 0.2) is 0 Å². The Balaban J connectivity index is 0.000000706. The zero-order valence-electron chi connectivity index (χ0n) is 16.0. The lowest BCUT2D eigenvalue weighted by Gasteiger charge is -2.34. The first-order valence-corrected chi connectivity index (χ1v) is 9.95. The summed E-state index contributed by atoms with van der Waals surface area (Å²) in [6.45, 7) is 3.46. The molecule has 1 aromatic rings. The lowest BCUT2D eigenvalue weighted by Crippen LogP contribution is -2.52. The van der Waals surface area contributed by atoms with Crippen molar-refractivity contribution < 1.29 is 24.6 Å². The van der Waals surface area contributed by atoms with Crippen LogP contribution < -0.4 is 0 Å². The summed E-state index contributed by atoms with van der Waals surface area (Å²) in [7, 11) is 0. The number of likely N-dealkylation sites (tertiary alicyclic amines) is 1. The Morgan fingerprint density at radius 3 is 2.43 bits per heavy atom. The van der Waals surface area contributed by atoms with Gasteiger partial charge in [-0.1, -0.05) is 18.2 Å². The van der Waals surface area contributed by atoms with Gasteiger partial charge in [-0.05, 0) is 69.2 Å². The highest BCUT2D eigenvalue weighted by Crippen LogP contribution is 2.41. The number of carboxylic acids is 1. The molecule has 3 aliphatic rings. The minimum Gasteiger partial charge on any atom is -0.483 e. The van der Waals surface area contributed by atoms with E-state index >= 15 is 0 Å². The van der Waals surface area contributed by atoms with Gasteiger partial charge in [0.2, 0.25) is 5.91 Å². The molecule has 0 aliphatic carbocycles. The summed E-state index contributed by atoms with van der Waals surface area (Å²) in [5, 5.41) is 16.2. The SMILES string of the molecule is O=C(O)c1ccccc1CC1CCN(C(=O)C23CCCN2CCC3)C1.O=CO. The van der Waals surface area contributed by atoms with Crippen LogP contribution in [0.1, 0.15) is 48.0 Å². The van der Waals surface area contributed by atoms with Gasteiger partial charge in [-0.15, -0.1) is 0 Å². The molecule has 3 saturated heterocycles. The van der Waals surface area contributed by atoms with Crippen LogP contribution in [0.4, 0.5) is 0 Å². The lowest BCUT2D eigenvalue weighted by atomic mass is 9.92. The van der Waals surface area contributed by atoms with Gasteiger partial charge in [0.25, 0.3) is 6.47 Å². The van der Waals surface area contributed by atoms with Crippen molar-refractivity contribution in [2.45, 2.75) is 44.1 Å². The molecular formula is C21H28N2O5. The first kappa shape index (κ1) is 20.3. The average Bonchev–Trinajstić information content (AvgIpc) is 3.38. The van der Waals surface area contributed by atoms with Crippen LogP contribution in [0.25, 0.3) is 0 Å². The van der Waals surface area contributed by atoms with Crippen LogP contribution in [0.3, 0.4) is 0 Å². The predicted octanol–water partition coefficient (Wildman–Crippen LogP) is 2.10. The van der Waals surface area contributed by atoms with Gasteiger partial charge in [-0.2, -0.15) is 0 Å². The molecule has 0 bridgehead atoms. The zero-order valence-corrected chi connectivity index (χ0v) is 16.0. The number of rotatable bonds is 4. The van der Waals surface area contributed by atoms with Crippen LogP contribution in [-0.4, -0.2) is 70.1 Å². The molecule has 152 valence electrons. The maximum Gasteiger partial charge on any atom is 0.335 e. The van der Waals surface area contributed by atoms with Crippen molar-refractivity contribution in [2.75, 3.05) is 26.2 Å². The number of hydrogen-bond acceptors (Lipinski definition) is 4. The molecule has 1 amide bonds. The summed E-state index contributed by atoms with van der Waals surface area (Å²) in [6, 6.07) is 7.24. The zero-order chi connectivity index (χ0) is 20.1. The van der Waals surface area contributed by atoms with Gasteiger partial charge < -0.3 is 15.1 Å². The van der Waals surface area contributed by atoms with Crippen LogP contribution in [-0.2, 0) is 16.0 Å². The Morgan fingerprint density at radius 2 is 1.79 bits per heavy atom. The molecule has 1 atom stereocenters. The fourth-order valence-corrected chi connectivity index (χ4v) is 5.15. The normalized spacial score (nSPS) is 23.0. The third-order valence-corrected chi connectivity index (χ3v) is 6.37. The van der Waals surface area contributed by atoms with Crippen LogP contribution in [0.5, 0.6) is 0 Å². The minimum atomic E-state index is -0.868. The standard InChI is InChI=1S/C20H26N2O3.CH2O2/c23-18(24)17-6-2-1-5-16(17)13-15-7-12-21(14-15)19(25)20-8-3-10-22(20)11-4-9-20;2-1-3/h1-2,5-6,15H,3-4,7-14H2,(H,23,24);1H,(H,2,3). The van der Waals surface area contributed by atoms with Crippen molar-refractivity contribution in [1.82, 2.24) is 9.80 Å². The Kier molecular flexibility index (Phi) is 6.34.